The fourth-order valence-electron chi connectivity index (χ4n) is 1.48. The predicted molar refractivity (Wildman–Crippen MR) is 74.1 cm³/mol. The second-order valence-corrected chi connectivity index (χ2v) is 6.30. The summed E-state index contributed by atoms with van der Waals surface area (Å²) in [4.78, 5) is 11.9. The summed E-state index contributed by atoms with van der Waals surface area (Å²) < 4.78 is 27.3. The zero-order valence-electron chi connectivity index (χ0n) is 11.0. The number of anilines is 1. The molecule has 1 aromatic carbocycles. The minimum absolute atomic E-state index is 0.0536. The summed E-state index contributed by atoms with van der Waals surface area (Å²) >= 11 is 0. The molecular formula is C12H18N2O4S. The number of hydrogen-bond acceptors (Lipinski definition) is 5. The van der Waals surface area contributed by atoms with E-state index >= 15 is 0 Å². The third kappa shape index (κ3) is 4.78. The number of nitrogens with two attached hydrogens (primary N) is 1. The molecule has 0 spiro atoms. The van der Waals surface area contributed by atoms with Crippen LogP contribution in [0.2, 0.25) is 0 Å². The van der Waals surface area contributed by atoms with Crippen molar-refractivity contribution in [3.05, 3.63) is 23.8 Å². The Hall–Kier alpha value is -1.76. The lowest BCUT2D eigenvalue weighted by Gasteiger charge is -2.12. The Labute approximate surface area is 112 Å². The third-order valence-corrected chi connectivity index (χ3v) is 3.28. The van der Waals surface area contributed by atoms with E-state index in [9.17, 15) is 13.2 Å². The Morgan fingerprint density at radius 2 is 2.11 bits per heavy atom. The second kappa shape index (κ2) is 6.42. The van der Waals surface area contributed by atoms with Crippen LogP contribution >= 0.6 is 0 Å². The quantitative estimate of drug-likeness (QED) is 0.739. The number of amides is 1. The summed E-state index contributed by atoms with van der Waals surface area (Å²) in [7, 11) is -3.10. The molecular weight excluding hydrogens is 268 g/mol. The SMILES string of the molecule is CCOc1c(N)cccc1C(=O)NCCS(C)(=O)=O. The first-order chi connectivity index (χ1) is 8.85. The van der Waals surface area contributed by atoms with Crippen LogP contribution in [0.3, 0.4) is 0 Å². The van der Waals surface area contributed by atoms with Crippen LogP contribution in [0.25, 0.3) is 0 Å². The van der Waals surface area contributed by atoms with Gasteiger partial charge in [0.25, 0.3) is 5.91 Å². The lowest BCUT2D eigenvalue weighted by Crippen LogP contribution is -2.29. The molecule has 0 heterocycles. The molecule has 0 bridgehead atoms. The molecule has 19 heavy (non-hydrogen) atoms. The summed E-state index contributed by atoms with van der Waals surface area (Å²) in [6.07, 6.45) is 1.12. The fraction of sp³-hybridized carbons (Fsp3) is 0.417. The average Bonchev–Trinajstić information content (AvgIpc) is 2.30. The molecule has 0 saturated heterocycles. The maximum atomic E-state index is 11.9. The molecule has 0 atom stereocenters. The number of hydrogen-bond donors (Lipinski definition) is 2. The molecule has 0 radical (unpaired) electrons. The van der Waals surface area contributed by atoms with Crippen LogP contribution in [0.1, 0.15) is 17.3 Å². The van der Waals surface area contributed by atoms with Crippen LogP contribution in [-0.4, -0.2) is 39.5 Å². The summed E-state index contributed by atoms with van der Waals surface area (Å²) in [6.45, 7) is 2.23. The van der Waals surface area contributed by atoms with Crippen LogP contribution in [0, 0.1) is 0 Å². The molecule has 1 amide bonds. The number of nitrogen functional groups attached to an aromatic ring is 1. The number of carbonyl (C=O) groups excluding carboxylic acids is 1. The lowest BCUT2D eigenvalue weighted by molar-refractivity contribution is 0.0952. The molecule has 6 nitrogen and oxygen atoms in total. The average molecular weight is 286 g/mol. The van der Waals surface area contributed by atoms with Crippen LogP contribution in [0.5, 0.6) is 5.75 Å². The normalized spacial score (nSPS) is 11.1. The molecule has 1 rings (SSSR count). The highest BCUT2D eigenvalue weighted by atomic mass is 32.2. The Bertz CT molecular complexity index is 555. The van der Waals surface area contributed by atoms with E-state index in [-0.39, 0.29) is 12.3 Å². The highest BCUT2D eigenvalue weighted by molar-refractivity contribution is 7.90. The molecule has 0 aliphatic rings. The number of sulfone groups is 1. The van der Waals surface area contributed by atoms with Gasteiger partial charge >= 0.3 is 0 Å². The fourth-order valence-corrected chi connectivity index (χ4v) is 1.96. The first-order valence-electron chi connectivity index (χ1n) is 5.82. The van der Waals surface area contributed by atoms with Crippen molar-refractivity contribution in [2.24, 2.45) is 0 Å². The summed E-state index contributed by atoms with van der Waals surface area (Å²) in [6, 6.07) is 4.86. The van der Waals surface area contributed by atoms with Gasteiger partial charge in [-0.2, -0.15) is 0 Å². The number of nitrogens with one attached hydrogen (secondary N) is 1. The van der Waals surface area contributed by atoms with Crippen LogP contribution in [0.15, 0.2) is 18.2 Å². The number of para-hydroxylation sites is 1. The molecule has 0 aliphatic heterocycles. The van der Waals surface area contributed by atoms with Gasteiger partial charge in [-0.05, 0) is 19.1 Å². The maximum absolute atomic E-state index is 11.9. The Morgan fingerprint density at radius 1 is 1.42 bits per heavy atom. The van der Waals surface area contributed by atoms with E-state index in [4.69, 9.17) is 10.5 Å². The van der Waals surface area contributed by atoms with Gasteiger partial charge in [0, 0.05) is 12.8 Å². The van der Waals surface area contributed by atoms with E-state index in [1.165, 1.54) is 0 Å². The Balaban J connectivity index is 2.79. The number of benzene rings is 1. The van der Waals surface area contributed by atoms with Gasteiger partial charge in [-0.25, -0.2) is 8.42 Å². The van der Waals surface area contributed by atoms with Gasteiger partial charge in [-0.3, -0.25) is 4.79 Å². The van der Waals surface area contributed by atoms with Crippen molar-refractivity contribution in [1.82, 2.24) is 5.32 Å². The van der Waals surface area contributed by atoms with Gasteiger partial charge in [0.15, 0.2) is 5.75 Å². The van der Waals surface area contributed by atoms with Crippen molar-refractivity contribution >= 4 is 21.4 Å². The van der Waals surface area contributed by atoms with E-state index in [2.05, 4.69) is 5.32 Å². The minimum Gasteiger partial charge on any atom is -0.491 e. The monoisotopic (exact) mass is 286 g/mol. The number of rotatable bonds is 6. The standard InChI is InChI=1S/C12H18N2O4S/c1-3-18-11-9(5-4-6-10(11)13)12(15)14-7-8-19(2,16)17/h4-6H,3,7-8,13H2,1-2H3,(H,14,15). The van der Waals surface area contributed by atoms with E-state index in [0.29, 0.717) is 23.6 Å². The topological polar surface area (TPSA) is 98.5 Å². The van der Waals surface area contributed by atoms with Crippen molar-refractivity contribution in [1.29, 1.82) is 0 Å². The first kappa shape index (κ1) is 15.3. The van der Waals surface area contributed by atoms with E-state index < -0.39 is 15.7 Å². The smallest absolute Gasteiger partial charge is 0.255 e. The van der Waals surface area contributed by atoms with Crippen molar-refractivity contribution < 1.29 is 17.9 Å². The molecule has 106 valence electrons. The second-order valence-electron chi connectivity index (χ2n) is 4.04. The van der Waals surface area contributed by atoms with Gasteiger partial charge in [0.05, 0.1) is 23.6 Å². The molecule has 1 aromatic rings. The van der Waals surface area contributed by atoms with Gasteiger partial charge in [0.2, 0.25) is 0 Å². The first-order valence-corrected chi connectivity index (χ1v) is 7.88. The van der Waals surface area contributed by atoms with Gasteiger partial charge in [0.1, 0.15) is 9.84 Å². The van der Waals surface area contributed by atoms with Crippen molar-refractivity contribution in [3.8, 4) is 5.75 Å². The van der Waals surface area contributed by atoms with Gasteiger partial charge < -0.3 is 15.8 Å². The zero-order valence-corrected chi connectivity index (χ0v) is 11.8. The van der Waals surface area contributed by atoms with Crippen molar-refractivity contribution in [2.75, 3.05) is 30.9 Å². The number of carbonyl (C=O) groups is 1. The molecule has 0 aliphatic carbocycles. The van der Waals surface area contributed by atoms with Gasteiger partial charge in [-0.15, -0.1) is 0 Å². The van der Waals surface area contributed by atoms with Crippen molar-refractivity contribution in [2.45, 2.75) is 6.92 Å². The van der Waals surface area contributed by atoms with E-state index in [1.807, 2.05) is 0 Å². The maximum Gasteiger partial charge on any atom is 0.255 e. The highest BCUT2D eigenvalue weighted by Crippen LogP contribution is 2.26. The van der Waals surface area contributed by atoms with E-state index in [0.717, 1.165) is 6.26 Å². The van der Waals surface area contributed by atoms with Crippen LogP contribution in [0.4, 0.5) is 5.69 Å². The third-order valence-electron chi connectivity index (χ3n) is 2.34. The minimum atomic E-state index is -3.10. The van der Waals surface area contributed by atoms with Crippen LogP contribution in [-0.2, 0) is 9.84 Å². The molecule has 0 saturated carbocycles. The molecule has 0 unspecified atom stereocenters. The van der Waals surface area contributed by atoms with Gasteiger partial charge in [-0.1, -0.05) is 6.07 Å². The zero-order chi connectivity index (χ0) is 14.5. The molecule has 7 heteroatoms. The summed E-state index contributed by atoms with van der Waals surface area (Å²) in [5.74, 6) is -0.188. The van der Waals surface area contributed by atoms with Crippen LogP contribution < -0.4 is 15.8 Å². The largest absolute Gasteiger partial charge is 0.491 e. The van der Waals surface area contributed by atoms with Crippen molar-refractivity contribution in [3.63, 3.8) is 0 Å². The molecule has 0 fully saturated rings. The summed E-state index contributed by atoms with van der Waals surface area (Å²) in [5.41, 5.74) is 6.42. The lowest BCUT2D eigenvalue weighted by atomic mass is 10.1. The molecule has 0 aromatic heterocycles. The van der Waals surface area contributed by atoms with E-state index in [1.54, 1.807) is 25.1 Å². The summed E-state index contributed by atoms with van der Waals surface area (Å²) in [5, 5.41) is 2.53. The molecule has 3 N–H and O–H groups in total. The Morgan fingerprint density at radius 3 is 2.68 bits per heavy atom. The predicted octanol–water partition coefficient (Wildman–Crippen LogP) is 0.442. The Kier molecular flexibility index (Phi) is 5.17. The number of ether oxygens (including phenoxy) is 1. The highest BCUT2D eigenvalue weighted by Gasteiger charge is 2.15.